The fraction of sp³-hybridized carbons (Fsp3) is 0.700. The van der Waals surface area contributed by atoms with E-state index in [0.29, 0.717) is 5.92 Å². The SMILES string of the molecule is FC(F)(F)C1=NC=C(CC2CCNC2)NC1. The first-order chi connectivity index (χ1) is 7.55. The van der Waals surface area contributed by atoms with Gasteiger partial charge in [0.25, 0.3) is 0 Å². The lowest BCUT2D eigenvalue weighted by atomic mass is 10.0. The smallest absolute Gasteiger partial charge is 0.381 e. The highest BCUT2D eigenvalue weighted by Gasteiger charge is 2.36. The molecule has 0 aromatic carbocycles. The molecule has 6 heteroatoms. The van der Waals surface area contributed by atoms with Crippen LogP contribution in [0, 0.1) is 5.92 Å². The summed E-state index contributed by atoms with van der Waals surface area (Å²) in [5, 5.41) is 6.01. The lowest BCUT2D eigenvalue weighted by Crippen LogP contribution is -2.36. The quantitative estimate of drug-likeness (QED) is 0.757. The minimum absolute atomic E-state index is 0.213. The van der Waals surface area contributed by atoms with Gasteiger partial charge in [-0.3, -0.25) is 4.99 Å². The van der Waals surface area contributed by atoms with Crippen LogP contribution in [0.4, 0.5) is 13.2 Å². The predicted octanol–water partition coefficient (Wildman–Crippen LogP) is 1.43. The van der Waals surface area contributed by atoms with Gasteiger partial charge in [0.2, 0.25) is 0 Å². The zero-order valence-corrected chi connectivity index (χ0v) is 8.77. The normalized spacial score (nSPS) is 26.1. The molecule has 90 valence electrons. The average molecular weight is 233 g/mol. The van der Waals surface area contributed by atoms with Crippen molar-refractivity contribution < 1.29 is 13.2 Å². The van der Waals surface area contributed by atoms with E-state index in [1.165, 1.54) is 6.20 Å². The van der Waals surface area contributed by atoms with E-state index in [4.69, 9.17) is 0 Å². The summed E-state index contributed by atoms with van der Waals surface area (Å²) in [5.74, 6) is 0.515. The second-order valence-corrected chi connectivity index (χ2v) is 4.14. The second-order valence-electron chi connectivity index (χ2n) is 4.14. The van der Waals surface area contributed by atoms with Crippen LogP contribution in [0.5, 0.6) is 0 Å². The number of allylic oxidation sites excluding steroid dienone is 1. The molecular formula is C10H14F3N3. The molecule has 0 radical (unpaired) electrons. The van der Waals surface area contributed by atoms with Gasteiger partial charge in [-0.2, -0.15) is 13.2 Å². The van der Waals surface area contributed by atoms with Gasteiger partial charge >= 0.3 is 6.18 Å². The Kier molecular flexibility index (Phi) is 3.18. The van der Waals surface area contributed by atoms with Crippen LogP contribution >= 0.6 is 0 Å². The Morgan fingerprint density at radius 1 is 1.44 bits per heavy atom. The Bertz CT molecular complexity index is 314. The van der Waals surface area contributed by atoms with Gasteiger partial charge in [0.05, 0.1) is 6.54 Å². The van der Waals surface area contributed by atoms with Gasteiger partial charge in [0.15, 0.2) is 0 Å². The molecule has 1 saturated heterocycles. The second kappa shape index (κ2) is 4.45. The molecule has 2 N–H and O–H groups in total. The first-order valence-corrected chi connectivity index (χ1v) is 5.33. The predicted molar refractivity (Wildman–Crippen MR) is 55.2 cm³/mol. The fourth-order valence-electron chi connectivity index (χ4n) is 1.94. The molecule has 2 aliphatic rings. The molecule has 1 fully saturated rings. The molecule has 0 aromatic heterocycles. The molecule has 1 atom stereocenters. The highest BCUT2D eigenvalue weighted by atomic mass is 19.4. The van der Waals surface area contributed by atoms with Crippen LogP contribution in [-0.4, -0.2) is 31.5 Å². The van der Waals surface area contributed by atoms with E-state index in [0.717, 1.165) is 31.6 Å². The van der Waals surface area contributed by atoms with Gasteiger partial charge in [0.1, 0.15) is 5.71 Å². The number of nitrogens with one attached hydrogen (secondary N) is 2. The lowest BCUT2D eigenvalue weighted by molar-refractivity contribution is -0.0600. The van der Waals surface area contributed by atoms with Gasteiger partial charge in [-0.15, -0.1) is 0 Å². The average Bonchev–Trinajstić information content (AvgIpc) is 2.70. The van der Waals surface area contributed by atoms with Crippen molar-refractivity contribution in [2.75, 3.05) is 19.6 Å². The van der Waals surface area contributed by atoms with E-state index in [2.05, 4.69) is 15.6 Å². The van der Waals surface area contributed by atoms with Crippen molar-refractivity contribution >= 4 is 5.71 Å². The number of halogens is 3. The van der Waals surface area contributed by atoms with E-state index in [1.807, 2.05) is 0 Å². The highest BCUT2D eigenvalue weighted by Crippen LogP contribution is 2.22. The molecule has 0 aromatic rings. The Morgan fingerprint density at radius 2 is 2.25 bits per heavy atom. The Morgan fingerprint density at radius 3 is 2.75 bits per heavy atom. The third-order valence-electron chi connectivity index (χ3n) is 2.86. The summed E-state index contributed by atoms with van der Waals surface area (Å²) in [6.07, 6.45) is -1.15. The zero-order chi connectivity index (χ0) is 11.6. The fourth-order valence-corrected chi connectivity index (χ4v) is 1.94. The molecular weight excluding hydrogens is 219 g/mol. The molecule has 3 nitrogen and oxygen atoms in total. The Labute approximate surface area is 91.8 Å². The monoisotopic (exact) mass is 233 g/mol. The van der Waals surface area contributed by atoms with Gasteiger partial charge < -0.3 is 10.6 Å². The lowest BCUT2D eigenvalue weighted by Gasteiger charge is -2.19. The van der Waals surface area contributed by atoms with Crippen LogP contribution in [0.15, 0.2) is 16.9 Å². The number of rotatable bonds is 2. The van der Waals surface area contributed by atoms with Gasteiger partial charge in [-0.05, 0) is 31.8 Å². The van der Waals surface area contributed by atoms with E-state index < -0.39 is 11.9 Å². The number of nitrogens with zero attached hydrogens (tertiary/aromatic N) is 1. The Balaban J connectivity index is 1.93. The van der Waals surface area contributed by atoms with Gasteiger partial charge in [-0.25, -0.2) is 0 Å². The summed E-state index contributed by atoms with van der Waals surface area (Å²) in [4.78, 5) is 3.47. The van der Waals surface area contributed by atoms with Crippen molar-refractivity contribution in [3.63, 3.8) is 0 Å². The maximum absolute atomic E-state index is 12.3. The van der Waals surface area contributed by atoms with Crippen molar-refractivity contribution in [2.24, 2.45) is 10.9 Å². The van der Waals surface area contributed by atoms with Crippen LogP contribution in [0.1, 0.15) is 12.8 Å². The van der Waals surface area contributed by atoms with Gasteiger partial charge in [-0.1, -0.05) is 0 Å². The van der Waals surface area contributed by atoms with E-state index in [9.17, 15) is 13.2 Å². The van der Waals surface area contributed by atoms with Crippen molar-refractivity contribution in [1.29, 1.82) is 0 Å². The van der Waals surface area contributed by atoms with E-state index in [-0.39, 0.29) is 6.54 Å². The first kappa shape index (κ1) is 11.4. The Hall–Kier alpha value is -1.04. The number of alkyl halides is 3. The molecule has 2 heterocycles. The van der Waals surface area contributed by atoms with E-state index in [1.54, 1.807) is 0 Å². The summed E-state index contributed by atoms with van der Waals surface area (Å²) in [6, 6.07) is 0. The standard InChI is InChI=1S/C10H14F3N3/c11-10(12,13)9-6-15-8(5-16-9)3-7-1-2-14-4-7/h5,7,14-15H,1-4,6H2. The topological polar surface area (TPSA) is 36.4 Å². The minimum Gasteiger partial charge on any atom is -0.381 e. The third kappa shape index (κ3) is 2.75. The molecule has 0 bridgehead atoms. The third-order valence-corrected chi connectivity index (χ3v) is 2.86. The number of hydrogen-bond acceptors (Lipinski definition) is 3. The maximum atomic E-state index is 12.3. The summed E-state index contributed by atoms with van der Waals surface area (Å²) in [5.41, 5.74) is 0.0579. The van der Waals surface area contributed by atoms with E-state index >= 15 is 0 Å². The number of aliphatic imine (C=N–C) groups is 1. The van der Waals surface area contributed by atoms with Crippen LogP contribution in [0.3, 0.4) is 0 Å². The maximum Gasteiger partial charge on any atom is 0.431 e. The number of hydrogen-bond donors (Lipinski definition) is 2. The van der Waals surface area contributed by atoms with Crippen LogP contribution < -0.4 is 10.6 Å². The zero-order valence-electron chi connectivity index (χ0n) is 8.77. The molecule has 0 spiro atoms. The van der Waals surface area contributed by atoms with Gasteiger partial charge in [0, 0.05) is 11.9 Å². The molecule has 16 heavy (non-hydrogen) atoms. The van der Waals surface area contributed by atoms with Crippen molar-refractivity contribution in [1.82, 2.24) is 10.6 Å². The molecule has 0 aliphatic carbocycles. The summed E-state index contributed by atoms with van der Waals surface area (Å²) in [6.45, 7) is 1.72. The molecule has 2 rings (SSSR count). The summed E-state index contributed by atoms with van der Waals surface area (Å²) >= 11 is 0. The largest absolute Gasteiger partial charge is 0.431 e. The van der Waals surface area contributed by atoms with Crippen LogP contribution in [0.25, 0.3) is 0 Å². The summed E-state index contributed by atoms with van der Waals surface area (Å²) < 4.78 is 36.8. The molecule has 0 amide bonds. The first-order valence-electron chi connectivity index (χ1n) is 5.33. The highest BCUT2D eigenvalue weighted by molar-refractivity contribution is 5.92. The van der Waals surface area contributed by atoms with Crippen molar-refractivity contribution in [3.8, 4) is 0 Å². The van der Waals surface area contributed by atoms with Crippen LogP contribution in [0.2, 0.25) is 0 Å². The van der Waals surface area contributed by atoms with Crippen molar-refractivity contribution in [2.45, 2.75) is 19.0 Å². The molecule has 1 unspecified atom stereocenters. The summed E-state index contributed by atoms with van der Waals surface area (Å²) in [7, 11) is 0. The molecule has 0 saturated carbocycles. The van der Waals surface area contributed by atoms with Crippen LogP contribution in [-0.2, 0) is 0 Å². The van der Waals surface area contributed by atoms with Crippen molar-refractivity contribution in [3.05, 3.63) is 11.9 Å². The minimum atomic E-state index is -4.32. The molecule has 2 aliphatic heterocycles.